The molecule has 0 heterocycles. The van der Waals surface area contributed by atoms with Crippen LogP contribution in [0, 0.1) is 25.5 Å². The van der Waals surface area contributed by atoms with Gasteiger partial charge in [0.2, 0.25) is 0 Å². The summed E-state index contributed by atoms with van der Waals surface area (Å²) < 4.78 is 27.5. The molecule has 2 rings (SSSR count). The average Bonchev–Trinajstić information content (AvgIpc) is 2.40. The van der Waals surface area contributed by atoms with Gasteiger partial charge in [0.1, 0.15) is 11.6 Å². The van der Waals surface area contributed by atoms with Gasteiger partial charge in [0, 0.05) is 16.7 Å². The molecule has 1 atom stereocenters. The normalized spacial score (nSPS) is 12.5. The summed E-state index contributed by atoms with van der Waals surface area (Å²) in [6.07, 6.45) is 0. The minimum absolute atomic E-state index is 0.368. The van der Waals surface area contributed by atoms with E-state index >= 15 is 0 Å². The standard InChI is InChI=1S/C16H16ClF2N/c1-9-4-5-11(17)7-12(9)16(20-3)13-6-10(2)14(18)8-15(13)19/h4-8,16,20H,1-3H3. The molecule has 0 saturated heterocycles. The molecule has 2 aromatic rings. The fraction of sp³-hybridized carbons (Fsp3) is 0.250. The average molecular weight is 296 g/mol. The summed E-state index contributed by atoms with van der Waals surface area (Å²) in [6.45, 7) is 3.56. The zero-order valence-corrected chi connectivity index (χ0v) is 12.4. The molecule has 0 aliphatic carbocycles. The van der Waals surface area contributed by atoms with Crippen LogP contribution in [0.25, 0.3) is 0 Å². The second kappa shape index (κ2) is 5.90. The number of benzene rings is 2. The van der Waals surface area contributed by atoms with E-state index < -0.39 is 11.6 Å². The van der Waals surface area contributed by atoms with Crippen molar-refractivity contribution < 1.29 is 8.78 Å². The summed E-state index contributed by atoms with van der Waals surface area (Å²) in [4.78, 5) is 0. The van der Waals surface area contributed by atoms with Crippen molar-refractivity contribution >= 4 is 11.6 Å². The predicted molar refractivity (Wildman–Crippen MR) is 78.2 cm³/mol. The third kappa shape index (κ3) is 2.84. The largest absolute Gasteiger partial charge is 0.309 e. The van der Waals surface area contributed by atoms with Crippen LogP contribution in [0.4, 0.5) is 8.78 Å². The van der Waals surface area contributed by atoms with Crippen molar-refractivity contribution in [1.82, 2.24) is 5.32 Å². The minimum atomic E-state index is -0.563. The quantitative estimate of drug-likeness (QED) is 0.876. The Morgan fingerprint density at radius 1 is 0.950 bits per heavy atom. The smallest absolute Gasteiger partial charge is 0.131 e. The van der Waals surface area contributed by atoms with E-state index in [4.69, 9.17) is 11.6 Å². The van der Waals surface area contributed by atoms with E-state index in [0.29, 0.717) is 16.1 Å². The Hall–Kier alpha value is -1.45. The highest BCUT2D eigenvalue weighted by Gasteiger charge is 2.19. The first-order valence-corrected chi connectivity index (χ1v) is 6.70. The van der Waals surface area contributed by atoms with Crippen molar-refractivity contribution in [2.24, 2.45) is 0 Å². The summed E-state index contributed by atoms with van der Waals surface area (Å²) in [5.41, 5.74) is 2.71. The molecule has 1 unspecified atom stereocenters. The molecule has 0 spiro atoms. The highest BCUT2D eigenvalue weighted by atomic mass is 35.5. The van der Waals surface area contributed by atoms with E-state index in [-0.39, 0.29) is 6.04 Å². The van der Waals surface area contributed by atoms with Crippen LogP contribution in [-0.2, 0) is 0 Å². The van der Waals surface area contributed by atoms with Crippen molar-refractivity contribution in [1.29, 1.82) is 0 Å². The van der Waals surface area contributed by atoms with Crippen molar-refractivity contribution in [3.05, 3.63) is 69.2 Å². The first kappa shape index (κ1) is 14.9. The van der Waals surface area contributed by atoms with Gasteiger partial charge in [-0.2, -0.15) is 0 Å². The highest BCUT2D eigenvalue weighted by molar-refractivity contribution is 6.30. The fourth-order valence-electron chi connectivity index (χ4n) is 2.30. The zero-order valence-electron chi connectivity index (χ0n) is 11.6. The third-order valence-corrected chi connectivity index (χ3v) is 3.67. The highest BCUT2D eigenvalue weighted by Crippen LogP contribution is 2.30. The monoisotopic (exact) mass is 295 g/mol. The molecule has 0 radical (unpaired) electrons. The summed E-state index contributed by atoms with van der Waals surface area (Å²) in [5, 5.41) is 3.66. The molecular weight excluding hydrogens is 280 g/mol. The SMILES string of the molecule is CNC(c1cc(Cl)ccc1C)c1cc(C)c(F)cc1F. The summed E-state index contributed by atoms with van der Waals surface area (Å²) in [6, 6.07) is 7.57. The number of hydrogen-bond acceptors (Lipinski definition) is 1. The molecule has 106 valence electrons. The van der Waals surface area contributed by atoms with Crippen LogP contribution >= 0.6 is 11.6 Å². The van der Waals surface area contributed by atoms with E-state index in [1.165, 1.54) is 6.07 Å². The lowest BCUT2D eigenvalue weighted by molar-refractivity contribution is 0.547. The molecule has 0 saturated carbocycles. The fourth-order valence-corrected chi connectivity index (χ4v) is 2.48. The van der Waals surface area contributed by atoms with Crippen LogP contribution in [-0.4, -0.2) is 7.05 Å². The Bertz CT molecular complexity index is 641. The Kier molecular flexibility index (Phi) is 4.41. The predicted octanol–water partition coefficient (Wildman–Crippen LogP) is 4.54. The van der Waals surface area contributed by atoms with Crippen LogP contribution in [0.3, 0.4) is 0 Å². The van der Waals surface area contributed by atoms with Gasteiger partial charge in [-0.1, -0.05) is 17.7 Å². The van der Waals surface area contributed by atoms with Crippen molar-refractivity contribution in [2.75, 3.05) is 7.05 Å². The number of hydrogen-bond donors (Lipinski definition) is 1. The maximum atomic E-state index is 14.1. The van der Waals surface area contributed by atoms with E-state index in [9.17, 15) is 8.78 Å². The first-order chi connectivity index (χ1) is 9.43. The lowest BCUT2D eigenvalue weighted by Crippen LogP contribution is -2.20. The molecule has 0 aromatic heterocycles. The molecule has 1 nitrogen and oxygen atoms in total. The Morgan fingerprint density at radius 2 is 1.65 bits per heavy atom. The summed E-state index contributed by atoms with van der Waals surface area (Å²) in [5.74, 6) is -1.10. The molecule has 0 bridgehead atoms. The zero-order chi connectivity index (χ0) is 14.9. The van der Waals surface area contributed by atoms with E-state index in [2.05, 4.69) is 5.32 Å². The van der Waals surface area contributed by atoms with E-state index in [0.717, 1.165) is 17.2 Å². The molecule has 0 aliphatic rings. The van der Waals surface area contributed by atoms with Crippen LogP contribution in [0.15, 0.2) is 30.3 Å². The van der Waals surface area contributed by atoms with Gasteiger partial charge in [0.25, 0.3) is 0 Å². The summed E-state index contributed by atoms with van der Waals surface area (Å²) >= 11 is 6.02. The van der Waals surface area contributed by atoms with E-state index in [1.807, 2.05) is 13.0 Å². The molecule has 2 aromatic carbocycles. The molecular formula is C16H16ClF2N. The lowest BCUT2D eigenvalue weighted by Gasteiger charge is -2.21. The third-order valence-electron chi connectivity index (χ3n) is 3.43. The minimum Gasteiger partial charge on any atom is -0.309 e. The molecule has 20 heavy (non-hydrogen) atoms. The van der Waals surface area contributed by atoms with Gasteiger partial charge in [0.15, 0.2) is 0 Å². The second-order valence-electron chi connectivity index (χ2n) is 4.85. The molecule has 0 fully saturated rings. The molecule has 0 aliphatic heterocycles. The van der Waals surface area contributed by atoms with Gasteiger partial charge in [0.05, 0.1) is 6.04 Å². The van der Waals surface area contributed by atoms with Gasteiger partial charge in [-0.05, 0) is 55.8 Å². The van der Waals surface area contributed by atoms with Crippen molar-refractivity contribution in [3.63, 3.8) is 0 Å². The number of halogens is 3. The molecule has 0 amide bonds. The van der Waals surface area contributed by atoms with Gasteiger partial charge < -0.3 is 5.32 Å². The Labute approximate surface area is 122 Å². The number of aryl methyl sites for hydroxylation is 2. The maximum absolute atomic E-state index is 14.1. The molecule has 1 N–H and O–H groups in total. The van der Waals surface area contributed by atoms with Gasteiger partial charge in [-0.15, -0.1) is 0 Å². The van der Waals surface area contributed by atoms with Crippen LogP contribution in [0.5, 0.6) is 0 Å². The topological polar surface area (TPSA) is 12.0 Å². The van der Waals surface area contributed by atoms with E-state index in [1.54, 1.807) is 26.1 Å². The molecule has 4 heteroatoms. The lowest BCUT2D eigenvalue weighted by atomic mass is 9.93. The summed E-state index contributed by atoms with van der Waals surface area (Å²) in [7, 11) is 1.74. The van der Waals surface area contributed by atoms with Gasteiger partial charge in [-0.25, -0.2) is 8.78 Å². The van der Waals surface area contributed by atoms with Crippen LogP contribution in [0.1, 0.15) is 28.3 Å². The van der Waals surface area contributed by atoms with Crippen molar-refractivity contribution in [2.45, 2.75) is 19.9 Å². The van der Waals surface area contributed by atoms with Gasteiger partial charge >= 0.3 is 0 Å². The van der Waals surface area contributed by atoms with Gasteiger partial charge in [-0.3, -0.25) is 0 Å². The van der Waals surface area contributed by atoms with Crippen LogP contribution < -0.4 is 5.32 Å². The maximum Gasteiger partial charge on any atom is 0.131 e. The van der Waals surface area contributed by atoms with Crippen molar-refractivity contribution in [3.8, 4) is 0 Å². The first-order valence-electron chi connectivity index (χ1n) is 6.33. The number of rotatable bonds is 3. The number of nitrogens with one attached hydrogen (secondary N) is 1. The Morgan fingerprint density at radius 3 is 2.30 bits per heavy atom. The Balaban J connectivity index is 2.58. The van der Waals surface area contributed by atoms with Crippen LogP contribution in [0.2, 0.25) is 5.02 Å². The second-order valence-corrected chi connectivity index (χ2v) is 5.28.